The minimum atomic E-state index is -0.753. The first-order valence-electron chi connectivity index (χ1n) is 7.28. The van der Waals surface area contributed by atoms with Gasteiger partial charge in [-0.25, -0.2) is 9.59 Å². The molecule has 0 aliphatic carbocycles. The second kappa shape index (κ2) is 10.2. The molecule has 0 saturated heterocycles. The fraction of sp³-hybridized carbons (Fsp3) is 0.312. The van der Waals surface area contributed by atoms with Crippen molar-refractivity contribution in [3.63, 3.8) is 0 Å². The van der Waals surface area contributed by atoms with Gasteiger partial charge in [0.05, 0.1) is 18.7 Å². The molecule has 8 nitrogen and oxygen atoms in total. The number of nitrogens with one attached hydrogen (secondary N) is 2. The molecule has 0 aromatic heterocycles. The van der Waals surface area contributed by atoms with E-state index in [-0.39, 0.29) is 0 Å². The van der Waals surface area contributed by atoms with Crippen LogP contribution >= 0.6 is 11.6 Å². The molecule has 3 amide bonds. The van der Waals surface area contributed by atoms with Gasteiger partial charge in [-0.15, -0.1) is 0 Å². The molecule has 2 N–H and O–H groups in total. The number of imide groups is 1. The highest BCUT2D eigenvalue weighted by molar-refractivity contribution is 6.32. The predicted octanol–water partition coefficient (Wildman–Crippen LogP) is 1.76. The molecular weight excluding hydrogens is 352 g/mol. The lowest BCUT2D eigenvalue weighted by molar-refractivity contribution is -0.143. The van der Waals surface area contributed by atoms with E-state index >= 15 is 0 Å². The molecule has 0 aliphatic heterocycles. The van der Waals surface area contributed by atoms with Gasteiger partial charge < -0.3 is 19.5 Å². The fourth-order valence-electron chi connectivity index (χ4n) is 1.72. The summed E-state index contributed by atoms with van der Waals surface area (Å²) in [6.07, 6.45) is 2.58. The quantitative estimate of drug-likeness (QED) is 0.560. The molecule has 0 unspecified atom stereocenters. The number of rotatable bonds is 7. The summed E-state index contributed by atoms with van der Waals surface area (Å²) in [6, 6.07) is 2.55. The third-order valence-corrected chi connectivity index (χ3v) is 3.05. The van der Waals surface area contributed by atoms with Crippen molar-refractivity contribution < 1.29 is 28.6 Å². The molecule has 0 radical (unpaired) electrons. The third kappa shape index (κ3) is 6.72. The zero-order valence-corrected chi connectivity index (χ0v) is 14.8. The maximum atomic E-state index is 11.6. The van der Waals surface area contributed by atoms with Gasteiger partial charge in [0.15, 0.2) is 18.1 Å². The number of benzene rings is 1. The van der Waals surface area contributed by atoms with Gasteiger partial charge in [0.1, 0.15) is 0 Å². The van der Waals surface area contributed by atoms with Gasteiger partial charge in [-0.2, -0.15) is 0 Å². The van der Waals surface area contributed by atoms with E-state index in [9.17, 15) is 14.4 Å². The average Bonchev–Trinajstić information content (AvgIpc) is 2.58. The summed E-state index contributed by atoms with van der Waals surface area (Å²) in [5, 5.41) is 4.49. The summed E-state index contributed by atoms with van der Waals surface area (Å²) in [5.41, 5.74) is 0.584. The Morgan fingerprint density at radius 3 is 2.60 bits per heavy atom. The Hall–Kier alpha value is -2.74. The maximum absolute atomic E-state index is 11.6. The van der Waals surface area contributed by atoms with Crippen molar-refractivity contribution in [2.24, 2.45) is 0 Å². The zero-order valence-electron chi connectivity index (χ0n) is 14.1. The van der Waals surface area contributed by atoms with E-state index in [0.29, 0.717) is 28.7 Å². The number of carbonyl (C=O) groups is 3. The van der Waals surface area contributed by atoms with Crippen molar-refractivity contribution in [3.8, 4) is 11.5 Å². The predicted molar refractivity (Wildman–Crippen MR) is 91.8 cm³/mol. The number of amides is 3. The Kier molecular flexibility index (Phi) is 8.28. The van der Waals surface area contributed by atoms with Crippen molar-refractivity contribution in [2.75, 3.05) is 27.4 Å². The van der Waals surface area contributed by atoms with E-state index in [1.807, 2.05) is 12.2 Å². The molecule has 25 heavy (non-hydrogen) atoms. The summed E-state index contributed by atoms with van der Waals surface area (Å²) in [5.74, 6) is -0.659. The summed E-state index contributed by atoms with van der Waals surface area (Å²) < 4.78 is 15.3. The van der Waals surface area contributed by atoms with Crippen LogP contribution in [0.15, 0.2) is 18.2 Å². The summed E-state index contributed by atoms with van der Waals surface area (Å²) in [4.78, 5) is 33.8. The first-order chi connectivity index (χ1) is 11.9. The number of hydrogen-bond donors (Lipinski definition) is 2. The van der Waals surface area contributed by atoms with Gasteiger partial charge in [0.25, 0.3) is 5.91 Å². The first-order valence-corrected chi connectivity index (χ1v) is 7.65. The fourth-order valence-corrected chi connectivity index (χ4v) is 2.02. The number of esters is 1. The molecule has 0 aliphatic rings. The highest BCUT2D eigenvalue weighted by Crippen LogP contribution is 2.36. The standard InChI is InChI=1S/C16H19ClN2O6/c1-4-24-12-8-10(7-11(17)15(12)23-3)5-6-14(21)25-9-13(20)19-16(22)18-2/h5-8H,4,9H2,1-3H3,(H2,18,19,20,22)/b6-5+. The topological polar surface area (TPSA) is 103 Å². The number of ether oxygens (including phenoxy) is 3. The van der Waals surface area contributed by atoms with Crippen LogP contribution < -0.4 is 20.1 Å². The first kappa shape index (κ1) is 20.3. The minimum Gasteiger partial charge on any atom is -0.491 e. The number of halogens is 1. The summed E-state index contributed by atoms with van der Waals surface area (Å²) in [7, 11) is 2.83. The number of hydrogen-bond acceptors (Lipinski definition) is 6. The molecular formula is C16H19ClN2O6. The van der Waals surface area contributed by atoms with Crippen LogP contribution in [0.4, 0.5) is 4.79 Å². The van der Waals surface area contributed by atoms with Crippen LogP contribution in [0.2, 0.25) is 5.02 Å². The monoisotopic (exact) mass is 370 g/mol. The maximum Gasteiger partial charge on any atom is 0.331 e. The van der Waals surface area contributed by atoms with Crippen LogP contribution in [0.1, 0.15) is 12.5 Å². The Labute approximate surface area is 150 Å². The average molecular weight is 371 g/mol. The van der Waals surface area contributed by atoms with Crippen molar-refractivity contribution in [3.05, 3.63) is 28.8 Å². The molecule has 0 fully saturated rings. The van der Waals surface area contributed by atoms with Crippen molar-refractivity contribution in [1.82, 2.24) is 10.6 Å². The SMILES string of the molecule is CCOc1cc(/C=C/C(=O)OCC(=O)NC(=O)NC)cc(Cl)c1OC. The Morgan fingerprint density at radius 1 is 1.28 bits per heavy atom. The molecule has 1 rings (SSSR count). The van der Waals surface area contributed by atoms with Crippen LogP contribution in [0.5, 0.6) is 11.5 Å². The lowest BCUT2D eigenvalue weighted by Crippen LogP contribution is -2.39. The Balaban J connectivity index is 2.70. The van der Waals surface area contributed by atoms with E-state index in [0.717, 1.165) is 6.08 Å². The Morgan fingerprint density at radius 2 is 2.00 bits per heavy atom. The number of urea groups is 1. The minimum absolute atomic E-state index is 0.325. The molecule has 0 spiro atoms. The normalized spacial score (nSPS) is 10.2. The summed E-state index contributed by atoms with van der Waals surface area (Å²) >= 11 is 6.10. The van der Waals surface area contributed by atoms with Crippen LogP contribution in [0.3, 0.4) is 0 Å². The highest BCUT2D eigenvalue weighted by atomic mass is 35.5. The van der Waals surface area contributed by atoms with E-state index in [2.05, 4.69) is 5.32 Å². The lowest BCUT2D eigenvalue weighted by Gasteiger charge is -2.11. The third-order valence-electron chi connectivity index (χ3n) is 2.77. The smallest absolute Gasteiger partial charge is 0.331 e. The molecule has 1 aromatic rings. The molecule has 136 valence electrons. The van der Waals surface area contributed by atoms with Crippen molar-refractivity contribution in [1.29, 1.82) is 0 Å². The molecule has 1 aromatic carbocycles. The number of methoxy groups -OCH3 is 1. The van der Waals surface area contributed by atoms with Gasteiger partial charge in [-0.05, 0) is 30.7 Å². The molecule has 0 bridgehead atoms. The van der Waals surface area contributed by atoms with Gasteiger partial charge in [-0.1, -0.05) is 11.6 Å². The molecule has 0 heterocycles. The van der Waals surface area contributed by atoms with Crippen molar-refractivity contribution >= 4 is 35.6 Å². The number of carbonyl (C=O) groups excluding carboxylic acids is 3. The van der Waals surface area contributed by atoms with E-state index in [1.54, 1.807) is 12.1 Å². The van der Waals surface area contributed by atoms with Gasteiger partial charge in [0.2, 0.25) is 0 Å². The lowest BCUT2D eigenvalue weighted by atomic mass is 10.2. The van der Waals surface area contributed by atoms with Crippen LogP contribution in [0.25, 0.3) is 6.08 Å². The molecule has 0 atom stereocenters. The van der Waals surface area contributed by atoms with E-state index in [1.165, 1.54) is 20.2 Å². The molecule has 0 saturated carbocycles. The van der Waals surface area contributed by atoms with E-state index < -0.39 is 24.5 Å². The van der Waals surface area contributed by atoms with Crippen LogP contribution in [-0.4, -0.2) is 45.3 Å². The van der Waals surface area contributed by atoms with Gasteiger partial charge >= 0.3 is 12.0 Å². The van der Waals surface area contributed by atoms with Crippen LogP contribution in [0, 0.1) is 0 Å². The Bertz CT molecular complexity index is 675. The zero-order chi connectivity index (χ0) is 18.8. The highest BCUT2D eigenvalue weighted by Gasteiger charge is 2.11. The van der Waals surface area contributed by atoms with Crippen LogP contribution in [-0.2, 0) is 14.3 Å². The van der Waals surface area contributed by atoms with Gasteiger partial charge in [-0.3, -0.25) is 10.1 Å². The second-order valence-electron chi connectivity index (χ2n) is 4.54. The van der Waals surface area contributed by atoms with Crippen molar-refractivity contribution in [2.45, 2.75) is 6.92 Å². The van der Waals surface area contributed by atoms with Gasteiger partial charge in [0, 0.05) is 13.1 Å². The second-order valence-corrected chi connectivity index (χ2v) is 4.94. The molecule has 9 heteroatoms. The van der Waals surface area contributed by atoms with E-state index in [4.69, 9.17) is 25.8 Å². The summed E-state index contributed by atoms with van der Waals surface area (Å²) in [6.45, 7) is 1.66. The largest absolute Gasteiger partial charge is 0.491 e.